The molecular weight excluding hydrogens is 364 g/mol. The third kappa shape index (κ3) is 3.82. The van der Waals surface area contributed by atoms with Crippen LogP contribution < -0.4 is 4.31 Å². The Balaban J connectivity index is 2.57. The van der Waals surface area contributed by atoms with E-state index >= 15 is 0 Å². The lowest BCUT2D eigenvalue weighted by atomic mass is 10.3. The van der Waals surface area contributed by atoms with Gasteiger partial charge in [0, 0.05) is 11.1 Å². The second kappa shape index (κ2) is 7.14. The van der Waals surface area contributed by atoms with Crippen molar-refractivity contribution in [1.29, 1.82) is 0 Å². The fourth-order valence-electron chi connectivity index (χ4n) is 1.90. The van der Waals surface area contributed by atoms with Crippen molar-refractivity contribution < 1.29 is 26.7 Å². The Kier molecular flexibility index (Phi) is 5.40. The topological polar surface area (TPSA) is 63.7 Å². The van der Waals surface area contributed by atoms with Gasteiger partial charge in [0.25, 0.3) is 10.0 Å². The summed E-state index contributed by atoms with van der Waals surface area (Å²) in [7, 11) is -3.23. The number of anilines is 1. The first kappa shape index (κ1) is 18.2. The van der Waals surface area contributed by atoms with Crippen molar-refractivity contribution in [3.05, 3.63) is 59.1 Å². The Morgan fingerprint density at radius 2 is 1.79 bits per heavy atom. The number of benzene rings is 2. The number of sulfonamides is 1. The molecule has 0 aliphatic carbocycles. The van der Waals surface area contributed by atoms with Gasteiger partial charge in [-0.3, -0.25) is 9.10 Å². The molecule has 0 aliphatic rings. The summed E-state index contributed by atoms with van der Waals surface area (Å²) >= 11 is 5.72. The second-order valence-corrected chi connectivity index (χ2v) is 6.94. The molecule has 9 heteroatoms. The maximum absolute atomic E-state index is 14.0. The lowest BCUT2D eigenvalue weighted by Crippen LogP contribution is -2.37. The maximum atomic E-state index is 14.0. The average Bonchev–Trinajstić information content (AvgIpc) is 2.53. The SMILES string of the molecule is COC(=O)CN(c1ccc(F)cc1F)S(=O)(=O)c1ccc(Cl)cc1. The predicted molar refractivity (Wildman–Crippen MR) is 84.4 cm³/mol. The Bertz CT molecular complexity index is 856. The summed E-state index contributed by atoms with van der Waals surface area (Å²) in [5.74, 6) is -2.91. The number of ether oxygens (including phenoxy) is 1. The van der Waals surface area contributed by atoms with Gasteiger partial charge in [-0.05, 0) is 36.4 Å². The van der Waals surface area contributed by atoms with Crippen LogP contribution in [0, 0.1) is 11.6 Å². The van der Waals surface area contributed by atoms with Gasteiger partial charge >= 0.3 is 5.97 Å². The number of carbonyl (C=O) groups excluding carboxylic acids is 1. The van der Waals surface area contributed by atoms with Gasteiger partial charge in [0.15, 0.2) is 0 Å². The average molecular weight is 376 g/mol. The molecule has 0 saturated carbocycles. The van der Waals surface area contributed by atoms with Gasteiger partial charge in [-0.25, -0.2) is 17.2 Å². The van der Waals surface area contributed by atoms with Gasteiger partial charge in [0.2, 0.25) is 0 Å². The van der Waals surface area contributed by atoms with Crippen LogP contribution in [0.1, 0.15) is 0 Å². The van der Waals surface area contributed by atoms with E-state index in [0.717, 1.165) is 19.2 Å². The second-order valence-electron chi connectivity index (χ2n) is 4.64. The Morgan fingerprint density at radius 3 is 2.33 bits per heavy atom. The largest absolute Gasteiger partial charge is 0.468 e. The van der Waals surface area contributed by atoms with E-state index in [2.05, 4.69) is 4.74 Å². The molecule has 2 rings (SSSR count). The van der Waals surface area contributed by atoms with Crippen LogP contribution in [-0.2, 0) is 19.6 Å². The van der Waals surface area contributed by atoms with Gasteiger partial charge in [-0.2, -0.15) is 0 Å². The molecule has 5 nitrogen and oxygen atoms in total. The summed E-state index contributed by atoms with van der Waals surface area (Å²) in [6.07, 6.45) is 0. The molecule has 0 amide bonds. The molecule has 0 N–H and O–H groups in total. The molecule has 24 heavy (non-hydrogen) atoms. The summed E-state index contributed by atoms with van der Waals surface area (Å²) < 4.78 is 57.6. The van der Waals surface area contributed by atoms with Crippen molar-refractivity contribution in [1.82, 2.24) is 0 Å². The minimum absolute atomic E-state index is 0.209. The molecule has 0 atom stereocenters. The van der Waals surface area contributed by atoms with Crippen LogP contribution >= 0.6 is 11.6 Å². The summed E-state index contributed by atoms with van der Waals surface area (Å²) in [6.45, 7) is -0.774. The third-order valence-corrected chi connectivity index (χ3v) is 5.11. The van der Waals surface area contributed by atoms with Crippen LogP contribution in [0.5, 0.6) is 0 Å². The monoisotopic (exact) mass is 375 g/mol. The van der Waals surface area contributed by atoms with Gasteiger partial charge < -0.3 is 4.74 Å². The number of hydrogen-bond acceptors (Lipinski definition) is 4. The van der Waals surface area contributed by atoms with E-state index in [-0.39, 0.29) is 4.90 Å². The van der Waals surface area contributed by atoms with E-state index < -0.39 is 39.9 Å². The first-order valence-corrected chi connectivity index (χ1v) is 8.37. The van der Waals surface area contributed by atoms with E-state index in [1.807, 2.05) is 0 Å². The lowest BCUT2D eigenvalue weighted by molar-refractivity contribution is -0.138. The molecule has 2 aromatic carbocycles. The number of carbonyl (C=O) groups is 1. The number of esters is 1. The molecule has 0 saturated heterocycles. The molecule has 0 unspecified atom stereocenters. The van der Waals surface area contributed by atoms with Gasteiger partial charge in [-0.15, -0.1) is 0 Å². The van der Waals surface area contributed by atoms with Crippen molar-refractivity contribution in [2.45, 2.75) is 4.90 Å². The molecule has 128 valence electrons. The zero-order valence-corrected chi connectivity index (χ0v) is 13.9. The van der Waals surface area contributed by atoms with Crippen LogP contribution in [0.2, 0.25) is 5.02 Å². The summed E-state index contributed by atoms with van der Waals surface area (Å²) in [6, 6.07) is 7.45. The van der Waals surface area contributed by atoms with E-state index in [4.69, 9.17) is 11.6 Å². The van der Waals surface area contributed by atoms with Crippen LogP contribution in [0.25, 0.3) is 0 Å². The zero-order valence-electron chi connectivity index (χ0n) is 12.4. The molecule has 0 radical (unpaired) electrons. The fraction of sp³-hybridized carbons (Fsp3) is 0.133. The molecule has 0 aliphatic heterocycles. The fourth-order valence-corrected chi connectivity index (χ4v) is 3.44. The predicted octanol–water partition coefficient (Wildman–Crippen LogP) is 2.99. The van der Waals surface area contributed by atoms with Crippen molar-refractivity contribution in [2.75, 3.05) is 18.0 Å². The van der Waals surface area contributed by atoms with Crippen LogP contribution in [0.15, 0.2) is 47.4 Å². The highest BCUT2D eigenvalue weighted by atomic mass is 35.5. The Hall–Kier alpha value is -2.19. The Labute approximate surface area is 142 Å². The first-order valence-electron chi connectivity index (χ1n) is 6.56. The molecule has 0 fully saturated rings. The summed E-state index contributed by atoms with van der Waals surface area (Å²) in [5, 5.41) is 0.307. The van der Waals surface area contributed by atoms with Crippen LogP contribution in [-0.4, -0.2) is 28.0 Å². The number of halogens is 3. The highest BCUT2D eigenvalue weighted by Crippen LogP contribution is 2.27. The minimum Gasteiger partial charge on any atom is -0.468 e. The van der Waals surface area contributed by atoms with Crippen LogP contribution in [0.4, 0.5) is 14.5 Å². The maximum Gasteiger partial charge on any atom is 0.326 e. The highest BCUT2D eigenvalue weighted by Gasteiger charge is 2.29. The zero-order chi connectivity index (χ0) is 17.9. The smallest absolute Gasteiger partial charge is 0.326 e. The quantitative estimate of drug-likeness (QED) is 0.754. The van der Waals surface area contributed by atoms with Crippen molar-refractivity contribution in [3.8, 4) is 0 Å². The van der Waals surface area contributed by atoms with E-state index in [9.17, 15) is 22.0 Å². The molecule has 0 heterocycles. The van der Waals surface area contributed by atoms with Gasteiger partial charge in [0.05, 0.1) is 17.7 Å². The van der Waals surface area contributed by atoms with Crippen molar-refractivity contribution in [3.63, 3.8) is 0 Å². The standard InChI is InChI=1S/C15H12ClF2NO4S/c1-23-15(20)9-19(14-7-4-11(17)8-13(14)18)24(21,22)12-5-2-10(16)3-6-12/h2-8H,9H2,1H3. The molecule has 0 spiro atoms. The molecule has 0 aromatic heterocycles. The number of hydrogen-bond donors (Lipinski definition) is 0. The number of methoxy groups -OCH3 is 1. The minimum atomic E-state index is -4.30. The third-order valence-electron chi connectivity index (χ3n) is 3.08. The summed E-state index contributed by atoms with van der Waals surface area (Å²) in [4.78, 5) is 11.4. The van der Waals surface area contributed by atoms with Crippen LogP contribution in [0.3, 0.4) is 0 Å². The highest BCUT2D eigenvalue weighted by molar-refractivity contribution is 7.92. The van der Waals surface area contributed by atoms with E-state index in [0.29, 0.717) is 15.4 Å². The molecular formula is C15H12ClF2NO4S. The molecule has 0 bridgehead atoms. The normalized spacial score (nSPS) is 11.2. The number of nitrogens with zero attached hydrogens (tertiary/aromatic N) is 1. The van der Waals surface area contributed by atoms with Gasteiger partial charge in [-0.1, -0.05) is 11.6 Å². The van der Waals surface area contributed by atoms with Crippen molar-refractivity contribution in [2.24, 2.45) is 0 Å². The van der Waals surface area contributed by atoms with Crippen molar-refractivity contribution >= 4 is 33.3 Å². The lowest BCUT2D eigenvalue weighted by Gasteiger charge is -2.23. The first-order chi connectivity index (χ1) is 11.3. The van der Waals surface area contributed by atoms with E-state index in [1.165, 1.54) is 24.3 Å². The summed E-state index contributed by atoms with van der Waals surface area (Å²) in [5.41, 5.74) is -0.475. The number of rotatable bonds is 5. The van der Waals surface area contributed by atoms with E-state index in [1.54, 1.807) is 0 Å². The molecule has 2 aromatic rings. The van der Waals surface area contributed by atoms with Gasteiger partial charge in [0.1, 0.15) is 18.2 Å². The Morgan fingerprint density at radius 1 is 1.17 bits per heavy atom.